The van der Waals surface area contributed by atoms with Gasteiger partial charge in [0.15, 0.2) is 17.2 Å². The van der Waals surface area contributed by atoms with Crippen molar-refractivity contribution in [1.82, 2.24) is 29.4 Å². The highest BCUT2D eigenvalue weighted by atomic mass is 16.5. The van der Waals surface area contributed by atoms with Crippen LogP contribution < -0.4 is 10.1 Å². The van der Waals surface area contributed by atoms with Crippen LogP contribution >= 0.6 is 0 Å². The number of rotatable bonds is 5. The summed E-state index contributed by atoms with van der Waals surface area (Å²) < 4.78 is 8.79. The maximum absolute atomic E-state index is 13.0. The Morgan fingerprint density at radius 3 is 2.86 bits per heavy atom. The van der Waals surface area contributed by atoms with E-state index in [2.05, 4.69) is 25.5 Å². The molecule has 1 aromatic carbocycles. The van der Waals surface area contributed by atoms with E-state index in [1.807, 2.05) is 24.4 Å². The van der Waals surface area contributed by atoms with Gasteiger partial charge in [0, 0.05) is 24.9 Å². The Hall–Kier alpha value is -3.75. The number of nitrogens with zero attached hydrogens (tertiary/aromatic N) is 6. The Labute approximate surface area is 166 Å². The van der Waals surface area contributed by atoms with E-state index in [1.54, 1.807) is 35.7 Å². The van der Waals surface area contributed by atoms with E-state index in [0.29, 0.717) is 40.0 Å². The number of hydrogen-bond donors (Lipinski definition) is 1. The van der Waals surface area contributed by atoms with E-state index < -0.39 is 0 Å². The van der Waals surface area contributed by atoms with Crippen LogP contribution in [0.15, 0.2) is 43.0 Å². The molecule has 1 N–H and O–H groups in total. The highest BCUT2D eigenvalue weighted by Crippen LogP contribution is 2.39. The normalized spacial score (nSPS) is 13.6. The Kier molecular flexibility index (Phi) is 4.01. The first-order valence-electron chi connectivity index (χ1n) is 9.32. The van der Waals surface area contributed by atoms with Gasteiger partial charge in [0.2, 0.25) is 0 Å². The van der Waals surface area contributed by atoms with Crippen LogP contribution in [0.4, 0.5) is 5.69 Å². The van der Waals surface area contributed by atoms with Crippen LogP contribution in [-0.2, 0) is 7.05 Å². The topological polar surface area (TPSA) is 99.2 Å². The van der Waals surface area contributed by atoms with Gasteiger partial charge in [-0.25, -0.2) is 14.5 Å². The summed E-state index contributed by atoms with van der Waals surface area (Å²) in [5.74, 6) is 1.21. The maximum Gasteiger partial charge on any atom is 0.261 e. The monoisotopic (exact) mass is 389 g/mol. The highest BCUT2D eigenvalue weighted by Gasteiger charge is 2.26. The van der Waals surface area contributed by atoms with Crippen molar-refractivity contribution in [2.45, 2.75) is 18.8 Å². The van der Waals surface area contributed by atoms with Crippen LogP contribution in [0, 0.1) is 0 Å². The molecule has 0 saturated heterocycles. The Balaban J connectivity index is 1.49. The Bertz CT molecular complexity index is 1220. The summed E-state index contributed by atoms with van der Waals surface area (Å²) in [7, 11) is 3.35. The van der Waals surface area contributed by atoms with Gasteiger partial charge in [0.25, 0.3) is 5.91 Å². The lowest BCUT2D eigenvalue weighted by Gasteiger charge is -2.12. The van der Waals surface area contributed by atoms with E-state index in [4.69, 9.17) is 4.74 Å². The fourth-order valence-corrected chi connectivity index (χ4v) is 3.33. The smallest absolute Gasteiger partial charge is 0.261 e. The highest BCUT2D eigenvalue weighted by molar-refractivity contribution is 6.09. The first-order valence-corrected chi connectivity index (χ1v) is 9.32. The van der Waals surface area contributed by atoms with Crippen molar-refractivity contribution in [1.29, 1.82) is 0 Å². The van der Waals surface area contributed by atoms with E-state index >= 15 is 0 Å². The second-order valence-corrected chi connectivity index (χ2v) is 7.04. The number of ether oxygens (including phenoxy) is 1. The third-order valence-corrected chi connectivity index (χ3v) is 4.94. The zero-order valence-electron chi connectivity index (χ0n) is 16.0. The summed E-state index contributed by atoms with van der Waals surface area (Å²) >= 11 is 0. The van der Waals surface area contributed by atoms with Crippen molar-refractivity contribution in [3.63, 3.8) is 0 Å². The second kappa shape index (κ2) is 6.69. The van der Waals surface area contributed by atoms with Crippen LogP contribution in [0.3, 0.4) is 0 Å². The number of amides is 1. The largest absolute Gasteiger partial charge is 0.494 e. The summed E-state index contributed by atoms with van der Waals surface area (Å²) in [6, 6.07) is 7.41. The van der Waals surface area contributed by atoms with Gasteiger partial charge in [0.05, 0.1) is 24.6 Å². The summed E-state index contributed by atoms with van der Waals surface area (Å²) in [6.45, 7) is 0. The molecule has 9 nitrogen and oxygen atoms in total. The number of para-hydroxylation sites is 1. The lowest BCUT2D eigenvalue weighted by Crippen LogP contribution is -2.13. The number of methoxy groups -OCH3 is 1. The van der Waals surface area contributed by atoms with Gasteiger partial charge in [-0.05, 0) is 31.0 Å². The molecule has 0 spiro atoms. The molecule has 9 heteroatoms. The standard InChI is InChI=1S/C20H19N7O2/c1-26-11-21-18(25-26)13-4-3-5-16(17(13)29-2)24-20(28)14-10-22-27-9-8-15(12-6-7-12)23-19(14)27/h3-5,8-12H,6-7H2,1-2H3,(H,24,28). The molecule has 1 fully saturated rings. The molecule has 3 heterocycles. The third kappa shape index (κ3) is 3.10. The lowest BCUT2D eigenvalue weighted by atomic mass is 10.1. The number of hydrogen-bond acceptors (Lipinski definition) is 6. The van der Waals surface area contributed by atoms with Gasteiger partial charge in [-0.2, -0.15) is 10.2 Å². The van der Waals surface area contributed by atoms with E-state index in [1.165, 1.54) is 6.20 Å². The molecule has 5 rings (SSSR count). The quantitative estimate of drug-likeness (QED) is 0.563. The molecule has 1 amide bonds. The van der Waals surface area contributed by atoms with Crippen molar-refractivity contribution in [3.8, 4) is 17.1 Å². The van der Waals surface area contributed by atoms with E-state index in [-0.39, 0.29) is 5.91 Å². The molecule has 0 atom stereocenters. The molecule has 1 saturated carbocycles. The van der Waals surface area contributed by atoms with Gasteiger partial charge < -0.3 is 10.1 Å². The van der Waals surface area contributed by atoms with E-state index in [9.17, 15) is 4.79 Å². The number of carbonyl (C=O) groups is 1. The van der Waals surface area contributed by atoms with Crippen molar-refractivity contribution in [2.24, 2.45) is 7.05 Å². The zero-order chi connectivity index (χ0) is 20.0. The summed E-state index contributed by atoms with van der Waals surface area (Å²) in [5.41, 5.74) is 3.19. The Morgan fingerprint density at radius 1 is 1.28 bits per heavy atom. The van der Waals surface area contributed by atoms with Crippen molar-refractivity contribution < 1.29 is 9.53 Å². The molecule has 4 aromatic rings. The van der Waals surface area contributed by atoms with Crippen LogP contribution in [0.2, 0.25) is 0 Å². The van der Waals surface area contributed by atoms with Crippen LogP contribution in [-0.4, -0.2) is 42.4 Å². The molecule has 1 aliphatic rings. The van der Waals surface area contributed by atoms with Crippen LogP contribution in [0.5, 0.6) is 5.75 Å². The molecule has 0 unspecified atom stereocenters. The molecule has 0 bridgehead atoms. The fourth-order valence-electron chi connectivity index (χ4n) is 3.33. The number of anilines is 1. The second-order valence-electron chi connectivity index (χ2n) is 7.04. The fraction of sp³-hybridized carbons (Fsp3) is 0.250. The van der Waals surface area contributed by atoms with Gasteiger partial charge in [-0.15, -0.1) is 0 Å². The molecule has 146 valence electrons. The molecule has 0 aliphatic heterocycles. The van der Waals surface area contributed by atoms with Gasteiger partial charge in [-0.3, -0.25) is 9.48 Å². The zero-order valence-corrected chi connectivity index (χ0v) is 16.0. The maximum atomic E-state index is 13.0. The van der Waals surface area contributed by atoms with Crippen LogP contribution in [0.25, 0.3) is 17.0 Å². The average Bonchev–Trinajstić information content (AvgIpc) is 3.35. The first-order chi connectivity index (χ1) is 14.1. The van der Waals surface area contributed by atoms with E-state index in [0.717, 1.165) is 18.5 Å². The number of aryl methyl sites for hydroxylation is 1. The number of benzene rings is 1. The van der Waals surface area contributed by atoms with Crippen molar-refractivity contribution in [3.05, 3.63) is 54.2 Å². The lowest BCUT2D eigenvalue weighted by molar-refractivity contribution is 0.102. The van der Waals surface area contributed by atoms with Crippen molar-refractivity contribution >= 4 is 17.2 Å². The van der Waals surface area contributed by atoms with Crippen LogP contribution in [0.1, 0.15) is 34.8 Å². The number of fused-ring (bicyclic) bond motifs is 1. The van der Waals surface area contributed by atoms with Gasteiger partial charge in [-0.1, -0.05) is 6.07 Å². The number of nitrogens with one attached hydrogen (secondary N) is 1. The molecule has 0 radical (unpaired) electrons. The molecule has 1 aliphatic carbocycles. The minimum atomic E-state index is -0.301. The molecule has 3 aromatic heterocycles. The predicted octanol–water partition coefficient (Wildman–Crippen LogP) is 2.66. The minimum absolute atomic E-state index is 0.301. The summed E-state index contributed by atoms with van der Waals surface area (Å²) in [5, 5.41) is 11.5. The Morgan fingerprint density at radius 2 is 2.14 bits per heavy atom. The summed E-state index contributed by atoms with van der Waals surface area (Å²) in [4.78, 5) is 21.9. The van der Waals surface area contributed by atoms with Gasteiger partial charge >= 0.3 is 0 Å². The number of carbonyl (C=O) groups excluding carboxylic acids is 1. The van der Waals surface area contributed by atoms with Crippen molar-refractivity contribution in [2.75, 3.05) is 12.4 Å². The molecule has 29 heavy (non-hydrogen) atoms. The predicted molar refractivity (Wildman–Crippen MR) is 106 cm³/mol. The molecular formula is C20H19N7O2. The molecular weight excluding hydrogens is 370 g/mol. The minimum Gasteiger partial charge on any atom is -0.494 e. The first kappa shape index (κ1) is 17.4. The summed E-state index contributed by atoms with van der Waals surface area (Å²) in [6.07, 6.45) is 7.28. The number of aromatic nitrogens is 6. The SMILES string of the molecule is COc1c(NC(=O)c2cnn3ccc(C4CC4)nc23)cccc1-c1ncn(C)n1. The average molecular weight is 389 g/mol. The third-order valence-electron chi connectivity index (χ3n) is 4.94. The van der Waals surface area contributed by atoms with Gasteiger partial charge in [0.1, 0.15) is 11.9 Å².